The largest absolute Gasteiger partial charge is 0.494 e. The van der Waals surface area contributed by atoms with Crippen LogP contribution in [0.4, 0.5) is 11.4 Å². The van der Waals surface area contributed by atoms with Crippen molar-refractivity contribution in [2.24, 2.45) is 0 Å². The van der Waals surface area contributed by atoms with Crippen molar-refractivity contribution in [2.75, 3.05) is 55.1 Å². The molecule has 8 heteroatoms. The van der Waals surface area contributed by atoms with Crippen molar-refractivity contribution < 1.29 is 19.1 Å². The zero-order valence-corrected chi connectivity index (χ0v) is 20.4. The molecule has 0 saturated carbocycles. The molecule has 0 radical (unpaired) electrons. The van der Waals surface area contributed by atoms with Crippen LogP contribution in [0.5, 0.6) is 5.75 Å². The van der Waals surface area contributed by atoms with Crippen molar-refractivity contribution in [3.63, 3.8) is 0 Å². The Labute approximate surface area is 205 Å². The highest BCUT2D eigenvalue weighted by Crippen LogP contribution is 2.55. The Balaban J connectivity index is 1.44. The minimum Gasteiger partial charge on any atom is -0.494 e. The smallest absolute Gasteiger partial charge is 0.269 e. The third-order valence-corrected chi connectivity index (χ3v) is 8.01. The van der Waals surface area contributed by atoms with Gasteiger partial charge in [-0.1, -0.05) is 38.0 Å². The molecule has 5 rings (SSSR count). The van der Waals surface area contributed by atoms with E-state index in [1.165, 1.54) is 11.8 Å². The minimum atomic E-state index is -1.08. The third-order valence-electron chi connectivity index (χ3n) is 6.62. The van der Waals surface area contributed by atoms with Crippen LogP contribution in [0.2, 0.25) is 0 Å². The van der Waals surface area contributed by atoms with Crippen LogP contribution in [0.15, 0.2) is 48.5 Å². The molecule has 1 atom stereocenters. The number of hydrogen-bond acceptors (Lipinski definition) is 6. The summed E-state index contributed by atoms with van der Waals surface area (Å²) in [5.74, 6) is 0.926. The SMILES string of the molecule is CCCCCOc1ccc(N2C(=O)CSC23C(=O)N(CN2CCOCC2)c2ccccc23)cc1. The van der Waals surface area contributed by atoms with Crippen molar-refractivity contribution in [3.05, 3.63) is 54.1 Å². The van der Waals surface area contributed by atoms with Gasteiger partial charge in [0, 0.05) is 24.3 Å². The van der Waals surface area contributed by atoms with Gasteiger partial charge < -0.3 is 9.47 Å². The highest BCUT2D eigenvalue weighted by Gasteiger charge is 2.61. The lowest BCUT2D eigenvalue weighted by Crippen LogP contribution is -2.52. The fraction of sp³-hybridized carbons (Fsp3) is 0.462. The van der Waals surface area contributed by atoms with Crippen LogP contribution in [0.25, 0.3) is 0 Å². The molecular formula is C26H31N3O4S. The Morgan fingerprint density at radius 1 is 1.03 bits per heavy atom. The molecule has 34 heavy (non-hydrogen) atoms. The van der Waals surface area contributed by atoms with Crippen molar-refractivity contribution in [1.82, 2.24) is 4.90 Å². The molecule has 3 heterocycles. The number of anilines is 2. The molecular weight excluding hydrogens is 450 g/mol. The lowest BCUT2D eigenvalue weighted by Gasteiger charge is -2.35. The van der Waals surface area contributed by atoms with Crippen LogP contribution in [0, 0.1) is 0 Å². The minimum absolute atomic E-state index is 0.0574. The number of nitrogens with zero attached hydrogens (tertiary/aromatic N) is 3. The van der Waals surface area contributed by atoms with Crippen molar-refractivity contribution in [1.29, 1.82) is 0 Å². The van der Waals surface area contributed by atoms with E-state index in [4.69, 9.17) is 9.47 Å². The molecule has 1 unspecified atom stereocenters. The number of carbonyl (C=O) groups excluding carboxylic acids is 2. The van der Waals surface area contributed by atoms with Crippen molar-refractivity contribution >= 4 is 35.0 Å². The van der Waals surface area contributed by atoms with Gasteiger partial charge in [-0.2, -0.15) is 0 Å². The van der Waals surface area contributed by atoms with Crippen LogP contribution in [-0.2, 0) is 19.2 Å². The number of thioether (sulfide) groups is 1. The number of hydrogen-bond donors (Lipinski definition) is 0. The summed E-state index contributed by atoms with van der Waals surface area (Å²) in [6.07, 6.45) is 3.31. The molecule has 0 N–H and O–H groups in total. The second-order valence-electron chi connectivity index (χ2n) is 8.83. The third kappa shape index (κ3) is 4.08. The molecule has 3 aliphatic heterocycles. The number of ether oxygens (including phenoxy) is 2. The second-order valence-corrected chi connectivity index (χ2v) is 10.0. The van der Waals surface area contributed by atoms with Gasteiger partial charge in [-0.3, -0.25) is 24.3 Å². The molecule has 2 saturated heterocycles. The summed E-state index contributed by atoms with van der Waals surface area (Å²) in [7, 11) is 0. The molecule has 2 aromatic carbocycles. The zero-order valence-electron chi connectivity index (χ0n) is 19.6. The summed E-state index contributed by atoms with van der Waals surface area (Å²) >= 11 is 1.41. The maximum absolute atomic E-state index is 14.1. The van der Waals surface area contributed by atoms with Gasteiger partial charge in [-0.25, -0.2) is 0 Å². The van der Waals surface area contributed by atoms with Gasteiger partial charge in [-0.05, 0) is 36.8 Å². The first-order valence-electron chi connectivity index (χ1n) is 12.1. The maximum atomic E-state index is 14.1. The van der Waals surface area contributed by atoms with E-state index < -0.39 is 4.87 Å². The predicted octanol–water partition coefficient (Wildman–Crippen LogP) is 3.82. The highest BCUT2D eigenvalue weighted by molar-refractivity contribution is 8.02. The Hall–Kier alpha value is -2.55. The molecule has 0 aromatic heterocycles. The number of para-hydroxylation sites is 1. The van der Waals surface area contributed by atoms with E-state index in [9.17, 15) is 9.59 Å². The molecule has 0 aliphatic carbocycles. The van der Waals surface area contributed by atoms with Crippen LogP contribution in [-0.4, -0.2) is 62.0 Å². The van der Waals surface area contributed by atoms with Gasteiger partial charge in [0.1, 0.15) is 5.75 Å². The van der Waals surface area contributed by atoms with E-state index in [0.29, 0.717) is 32.2 Å². The Morgan fingerprint density at radius 2 is 1.79 bits per heavy atom. The topological polar surface area (TPSA) is 62.3 Å². The van der Waals surface area contributed by atoms with Gasteiger partial charge in [0.15, 0.2) is 0 Å². The van der Waals surface area contributed by atoms with E-state index in [1.54, 1.807) is 4.90 Å². The number of carbonyl (C=O) groups is 2. The molecule has 2 fully saturated rings. The van der Waals surface area contributed by atoms with E-state index in [2.05, 4.69) is 11.8 Å². The summed E-state index contributed by atoms with van der Waals surface area (Å²) in [4.78, 5) is 32.0. The molecule has 3 aliphatic rings. The number of benzene rings is 2. The summed E-state index contributed by atoms with van der Waals surface area (Å²) in [6.45, 7) is 6.25. The highest BCUT2D eigenvalue weighted by atomic mass is 32.2. The molecule has 2 aromatic rings. The monoisotopic (exact) mass is 481 g/mol. The predicted molar refractivity (Wildman–Crippen MR) is 134 cm³/mol. The molecule has 2 amide bonds. The summed E-state index contributed by atoms with van der Waals surface area (Å²) < 4.78 is 11.3. The number of amides is 2. The Bertz CT molecular complexity index is 1040. The lowest BCUT2D eigenvalue weighted by molar-refractivity contribution is -0.124. The maximum Gasteiger partial charge on any atom is 0.269 e. The van der Waals surface area contributed by atoms with E-state index in [1.807, 2.05) is 53.4 Å². The van der Waals surface area contributed by atoms with Gasteiger partial charge in [-0.15, -0.1) is 11.8 Å². The van der Waals surface area contributed by atoms with Gasteiger partial charge in [0.25, 0.3) is 5.91 Å². The van der Waals surface area contributed by atoms with E-state index in [-0.39, 0.29) is 17.6 Å². The summed E-state index contributed by atoms with van der Waals surface area (Å²) in [6, 6.07) is 15.4. The first kappa shape index (κ1) is 23.2. The molecule has 7 nitrogen and oxygen atoms in total. The molecule has 180 valence electrons. The number of rotatable bonds is 8. The molecule has 0 bridgehead atoms. The average Bonchev–Trinajstić information content (AvgIpc) is 3.34. The van der Waals surface area contributed by atoms with Crippen molar-refractivity contribution in [3.8, 4) is 5.75 Å². The first-order valence-corrected chi connectivity index (χ1v) is 13.0. The standard InChI is InChI=1S/C26H31N3O4S/c1-2-3-6-15-33-21-11-9-20(10-12-21)29-24(30)18-34-26(29)22-7-4-5-8-23(22)28(25(26)31)19-27-13-16-32-17-14-27/h4-5,7-12H,2-3,6,13-19H2,1H3. The van der Waals surface area contributed by atoms with Crippen LogP contribution in [0.3, 0.4) is 0 Å². The van der Waals surface area contributed by atoms with Crippen molar-refractivity contribution in [2.45, 2.75) is 31.1 Å². The van der Waals surface area contributed by atoms with Crippen LogP contribution in [0.1, 0.15) is 31.7 Å². The number of morpholine rings is 1. The van der Waals surface area contributed by atoms with Crippen LogP contribution < -0.4 is 14.5 Å². The molecule has 1 spiro atoms. The fourth-order valence-electron chi connectivity index (χ4n) is 4.87. The van der Waals surface area contributed by atoms with Gasteiger partial charge in [0.2, 0.25) is 10.8 Å². The first-order chi connectivity index (χ1) is 16.6. The zero-order chi connectivity index (χ0) is 23.5. The Morgan fingerprint density at radius 3 is 2.56 bits per heavy atom. The lowest BCUT2D eigenvalue weighted by atomic mass is 10.0. The number of fused-ring (bicyclic) bond motifs is 2. The summed E-state index contributed by atoms with van der Waals surface area (Å²) in [5.41, 5.74) is 2.47. The van der Waals surface area contributed by atoms with E-state index >= 15 is 0 Å². The normalized spacial score (nSPS) is 22.6. The van der Waals surface area contributed by atoms with Gasteiger partial charge in [0.05, 0.1) is 37.9 Å². The average molecular weight is 482 g/mol. The van der Waals surface area contributed by atoms with Crippen LogP contribution >= 0.6 is 11.8 Å². The van der Waals surface area contributed by atoms with Gasteiger partial charge >= 0.3 is 0 Å². The number of unbranched alkanes of at least 4 members (excludes halogenated alkanes) is 2. The Kier molecular flexibility index (Phi) is 6.81. The summed E-state index contributed by atoms with van der Waals surface area (Å²) in [5, 5.41) is 0. The van der Waals surface area contributed by atoms with E-state index in [0.717, 1.165) is 49.4 Å². The second kappa shape index (κ2) is 9.98. The quantitative estimate of drug-likeness (QED) is 0.534. The fourth-order valence-corrected chi connectivity index (χ4v) is 6.23.